The Balaban J connectivity index is 2.04. The molecule has 1 amide bonds. The van der Waals surface area contributed by atoms with Crippen molar-refractivity contribution in [2.24, 2.45) is 7.05 Å². The molecule has 5 nitrogen and oxygen atoms in total. The summed E-state index contributed by atoms with van der Waals surface area (Å²) in [5.74, 6) is 0.647. The Morgan fingerprint density at radius 3 is 2.74 bits per heavy atom. The zero-order chi connectivity index (χ0) is 14.0. The van der Waals surface area contributed by atoms with Crippen molar-refractivity contribution in [3.8, 4) is 0 Å². The molecule has 2 aromatic rings. The smallest absolute Gasteiger partial charge is 0.289 e. The molecule has 19 heavy (non-hydrogen) atoms. The first kappa shape index (κ1) is 13.5. The van der Waals surface area contributed by atoms with Crippen LogP contribution in [0.3, 0.4) is 0 Å². The number of halogens is 1. The fraction of sp³-hybridized carbons (Fsp3) is 0.308. The second kappa shape index (κ2) is 5.40. The SMILES string of the molecule is Cc1nc(C(=O)NCc2ccc(Cl)c(C)c2)n(C)n1. The third kappa shape index (κ3) is 3.12. The standard InChI is InChI=1S/C13H15ClN4O/c1-8-6-10(4-5-11(8)14)7-15-13(19)12-16-9(2)17-18(12)3/h4-6H,7H2,1-3H3,(H,15,19). The molecule has 6 heteroatoms. The number of aryl methyl sites for hydroxylation is 3. The van der Waals surface area contributed by atoms with Crippen molar-refractivity contribution in [2.45, 2.75) is 20.4 Å². The quantitative estimate of drug-likeness (QED) is 0.934. The van der Waals surface area contributed by atoms with Crippen LogP contribution in [0.1, 0.15) is 27.6 Å². The second-order valence-electron chi connectivity index (χ2n) is 4.37. The van der Waals surface area contributed by atoms with Gasteiger partial charge < -0.3 is 5.32 Å². The van der Waals surface area contributed by atoms with Gasteiger partial charge in [0.15, 0.2) is 0 Å². The van der Waals surface area contributed by atoms with Gasteiger partial charge in [0.25, 0.3) is 5.91 Å². The lowest BCUT2D eigenvalue weighted by molar-refractivity contribution is 0.0936. The highest BCUT2D eigenvalue weighted by molar-refractivity contribution is 6.31. The lowest BCUT2D eigenvalue weighted by Gasteiger charge is -2.06. The maximum absolute atomic E-state index is 11.9. The number of nitrogens with zero attached hydrogens (tertiary/aromatic N) is 3. The van der Waals surface area contributed by atoms with Gasteiger partial charge in [0.05, 0.1) is 0 Å². The summed E-state index contributed by atoms with van der Waals surface area (Å²) in [4.78, 5) is 16.0. The topological polar surface area (TPSA) is 59.8 Å². The largest absolute Gasteiger partial charge is 0.345 e. The van der Waals surface area contributed by atoms with Crippen LogP contribution in [0.2, 0.25) is 5.02 Å². The maximum Gasteiger partial charge on any atom is 0.289 e. The molecule has 0 saturated heterocycles. The van der Waals surface area contributed by atoms with E-state index in [-0.39, 0.29) is 5.91 Å². The molecule has 2 rings (SSSR count). The summed E-state index contributed by atoms with van der Waals surface area (Å²) in [6.07, 6.45) is 0. The van der Waals surface area contributed by atoms with Gasteiger partial charge in [0.2, 0.25) is 5.82 Å². The van der Waals surface area contributed by atoms with Gasteiger partial charge in [-0.15, -0.1) is 0 Å². The molecule has 1 aromatic carbocycles. The monoisotopic (exact) mass is 278 g/mol. The summed E-state index contributed by atoms with van der Waals surface area (Å²) in [5, 5.41) is 7.57. The predicted octanol–water partition coefficient (Wildman–Crippen LogP) is 2.02. The summed E-state index contributed by atoms with van der Waals surface area (Å²) in [6, 6.07) is 5.66. The van der Waals surface area contributed by atoms with Gasteiger partial charge in [-0.1, -0.05) is 23.7 Å². The Bertz CT molecular complexity index is 621. The van der Waals surface area contributed by atoms with Crippen LogP contribution in [-0.2, 0) is 13.6 Å². The van der Waals surface area contributed by atoms with Crippen molar-refractivity contribution in [1.29, 1.82) is 0 Å². The molecule has 0 aliphatic rings. The number of hydrogen-bond acceptors (Lipinski definition) is 3. The highest BCUT2D eigenvalue weighted by atomic mass is 35.5. The molecule has 0 unspecified atom stereocenters. The van der Waals surface area contributed by atoms with Crippen LogP contribution in [0.5, 0.6) is 0 Å². The lowest BCUT2D eigenvalue weighted by atomic mass is 10.1. The van der Waals surface area contributed by atoms with Crippen LogP contribution in [0.4, 0.5) is 0 Å². The van der Waals surface area contributed by atoms with Gasteiger partial charge in [-0.25, -0.2) is 9.67 Å². The summed E-state index contributed by atoms with van der Waals surface area (Å²) < 4.78 is 1.47. The van der Waals surface area contributed by atoms with Crippen LogP contribution < -0.4 is 5.32 Å². The van der Waals surface area contributed by atoms with Crippen molar-refractivity contribution in [1.82, 2.24) is 20.1 Å². The minimum atomic E-state index is -0.240. The summed E-state index contributed by atoms with van der Waals surface area (Å²) >= 11 is 5.95. The highest BCUT2D eigenvalue weighted by Crippen LogP contribution is 2.16. The Kier molecular flexibility index (Phi) is 3.85. The molecule has 0 fully saturated rings. The van der Waals surface area contributed by atoms with Crippen molar-refractivity contribution >= 4 is 17.5 Å². The molecule has 0 atom stereocenters. The molecule has 1 aromatic heterocycles. The zero-order valence-corrected chi connectivity index (χ0v) is 11.8. The predicted molar refractivity (Wildman–Crippen MR) is 73.1 cm³/mol. The first-order valence-corrected chi connectivity index (χ1v) is 6.26. The van der Waals surface area contributed by atoms with E-state index in [0.29, 0.717) is 18.2 Å². The molecule has 1 N–H and O–H groups in total. The first-order chi connectivity index (χ1) is 8.97. The van der Waals surface area contributed by atoms with Crippen molar-refractivity contribution in [2.75, 3.05) is 0 Å². The number of amides is 1. The van der Waals surface area contributed by atoms with E-state index in [0.717, 1.165) is 16.1 Å². The molecule has 100 valence electrons. The third-order valence-corrected chi connectivity index (χ3v) is 3.17. The molecule has 0 bridgehead atoms. The van der Waals surface area contributed by atoms with Crippen LogP contribution in [-0.4, -0.2) is 20.7 Å². The van der Waals surface area contributed by atoms with E-state index in [1.54, 1.807) is 14.0 Å². The van der Waals surface area contributed by atoms with E-state index in [4.69, 9.17) is 11.6 Å². The van der Waals surface area contributed by atoms with Crippen LogP contribution >= 0.6 is 11.6 Å². The molecule has 1 heterocycles. The molecule has 0 radical (unpaired) electrons. The van der Waals surface area contributed by atoms with Gasteiger partial charge in [0.1, 0.15) is 5.82 Å². The number of benzene rings is 1. The number of carbonyl (C=O) groups is 1. The molecule has 0 spiro atoms. The fourth-order valence-electron chi connectivity index (χ4n) is 1.79. The minimum absolute atomic E-state index is 0.240. The van der Waals surface area contributed by atoms with Gasteiger partial charge in [0, 0.05) is 18.6 Å². The van der Waals surface area contributed by atoms with E-state index in [1.165, 1.54) is 4.68 Å². The van der Waals surface area contributed by atoms with Gasteiger partial charge in [-0.2, -0.15) is 5.10 Å². The van der Waals surface area contributed by atoms with Crippen LogP contribution in [0.25, 0.3) is 0 Å². The number of hydrogen-bond donors (Lipinski definition) is 1. The number of rotatable bonds is 3. The Hall–Kier alpha value is -1.88. The van der Waals surface area contributed by atoms with E-state index in [9.17, 15) is 4.79 Å². The summed E-state index contributed by atoms with van der Waals surface area (Å²) in [5.41, 5.74) is 1.98. The average Bonchev–Trinajstić information content (AvgIpc) is 2.70. The average molecular weight is 279 g/mol. The van der Waals surface area contributed by atoms with E-state index < -0.39 is 0 Å². The number of nitrogens with one attached hydrogen (secondary N) is 1. The molecular formula is C13H15ClN4O. The first-order valence-electron chi connectivity index (χ1n) is 5.88. The van der Waals surface area contributed by atoms with Crippen molar-refractivity contribution in [3.63, 3.8) is 0 Å². The highest BCUT2D eigenvalue weighted by Gasteiger charge is 2.13. The fourth-order valence-corrected chi connectivity index (χ4v) is 1.91. The van der Waals surface area contributed by atoms with Gasteiger partial charge in [-0.3, -0.25) is 4.79 Å². The minimum Gasteiger partial charge on any atom is -0.345 e. The Morgan fingerprint density at radius 1 is 1.42 bits per heavy atom. The van der Waals surface area contributed by atoms with E-state index >= 15 is 0 Å². The molecule has 0 saturated carbocycles. The zero-order valence-electron chi connectivity index (χ0n) is 11.1. The van der Waals surface area contributed by atoms with Crippen LogP contribution in [0.15, 0.2) is 18.2 Å². The summed E-state index contributed by atoms with van der Waals surface area (Å²) in [7, 11) is 1.70. The molecular weight excluding hydrogens is 264 g/mol. The second-order valence-corrected chi connectivity index (χ2v) is 4.78. The van der Waals surface area contributed by atoms with Gasteiger partial charge >= 0.3 is 0 Å². The molecule has 0 aliphatic heterocycles. The molecule has 0 aliphatic carbocycles. The van der Waals surface area contributed by atoms with E-state index in [1.807, 2.05) is 25.1 Å². The Morgan fingerprint density at radius 2 is 2.16 bits per heavy atom. The van der Waals surface area contributed by atoms with E-state index in [2.05, 4.69) is 15.4 Å². The number of carbonyl (C=O) groups excluding carboxylic acids is 1. The van der Waals surface area contributed by atoms with Crippen LogP contribution in [0, 0.1) is 13.8 Å². The normalized spacial score (nSPS) is 10.5. The third-order valence-electron chi connectivity index (χ3n) is 2.75. The Labute approximate surface area is 116 Å². The summed E-state index contributed by atoms with van der Waals surface area (Å²) in [6.45, 7) is 4.11. The maximum atomic E-state index is 11.9. The van der Waals surface area contributed by atoms with Gasteiger partial charge in [-0.05, 0) is 31.0 Å². The number of aromatic nitrogens is 3. The van der Waals surface area contributed by atoms with Crippen molar-refractivity contribution < 1.29 is 4.79 Å². The lowest BCUT2D eigenvalue weighted by Crippen LogP contribution is -2.26. The van der Waals surface area contributed by atoms with Crippen molar-refractivity contribution in [3.05, 3.63) is 46.0 Å².